The molecule has 3 unspecified atom stereocenters. The molecule has 1 saturated heterocycles. The molecule has 1 saturated carbocycles. The van der Waals surface area contributed by atoms with E-state index in [1.165, 1.54) is 7.11 Å². The first-order chi connectivity index (χ1) is 15.5. The van der Waals surface area contributed by atoms with Gasteiger partial charge in [-0.25, -0.2) is 0 Å². The van der Waals surface area contributed by atoms with Crippen LogP contribution in [0.15, 0.2) is 42.5 Å². The summed E-state index contributed by atoms with van der Waals surface area (Å²) in [7, 11) is 1.39. The lowest BCUT2D eigenvalue weighted by Gasteiger charge is -2.30. The first kappa shape index (κ1) is 24.7. The summed E-state index contributed by atoms with van der Waals surface area (Å²) >= 11 is 0. The number of unbranched alkanes of at least 4 members (excludes halogenated alkanes) is 1. The molecule has 32 heavy (non-hydrogen) atoms. The van der Waals surface area contributed by atoms with E-state index < -0.39 is 18.0 Å². The molecule has 1 aliphatic heterocycles. The maximum Gasteiger partial charge on any atom is 0.305 e. The van der Waals surface area contributed by atoms with E-state index in [1.54, 1.807) is 0 Å². The normalized spacial score (nSPS) is 27.1. The molecule has 0 spiro atoms. The number of aliphatic hydroxyl groups is 2. The number of allylic oxidation sites excluding steroid dienone is 2. The van der Waals surface area contributed by atoms with Crippen molar-refractivity contribution in [2.45, 2.75) is 62.9 Å². The van der Waals surface area contributed by atoms with E-state index in [-0.39, 0.29) is 24.4 Å². The molecule has 0 amide bonds. The average molecular weight is 449 g/mol. The Hall–Kier alpha value is -1.93. The number of carbonyl (C=O) groups is 1. The minimum absolute atomic E-state index is 0.0182. The third-order valence-electron chi connectivity index (χ3n) is 6.45. The van der Waals surface area contributed by atoms with E-state index in [0.717, 1.165) is 18.6 Å². The summed E-state index contributed by atoms with van der Waals surface area (Å²) in [5.74, 6) is -0.314. The summed E-state index contributed by atoms with van der Waals surface area (Å²) in [5.41, 5.74) is 0. The summed E-state index contributed by atoms with van der Waals surface area (Å²) in [4.78, 5) is 11.2. The Bertz CT molecular complexity index is 714. The van der Waals surface area contributed by atoms with Gasteiger partial charge in [0.25, 0.3) is 0 Å². The van der Waals surface area contributed by atoms with Crippen LogP contribution in [-0.2, 0) is 19.0 Å². The SMILES string of the molecule is COC(=O)CCC/C=C\CC1C(O)CC(O)[C@@H]1CCC1(COc2ccccc2)OCCO1. The molecule has 2 fully saturated rings. The number of hydrogen-bond donors (Lipinski definition) is 2. The van der Waals surface area contributed by atoms with Crippen LogP contribution in [0.25, 0.3) is 0 Å². The standard InChI is InChI=1S/C25H36O7/c1-29-24(28)12-8-3-2-7-11-20-21(23(27)17-22(20)26)13-14-25(31-15-16-32-25)18-30-19-9-5-4-6-10-19/h2,4-7,9-10,20-23,26-27H,3,8,11-18H2,1H3/b7-2-/t20?,21-,22?,23?/m1/s1. The minimum atomic E-state index is -0.822. The molecule has 3 rings (SSSR count). The molecule has 0 radical (unpaired) electrons. The highest BCUT2D eigenvalue weighted by atomic mass is 16.8. The van der Waals surface area contributed by atoms with Crippen molar-refractivity contribution in [3.8, 4) is 5.75 Å². The van der Waals surface area contributed by atoms with Crippen LogP contribution in [0, 0.1) is 11.8 Å². The fourth-order valence-corrected chi connectivity index (χ4v) is 4.64. The van der Waals surface area contributed by atoms with Gasteiger partial charge in [0, 0.05) is 12.8 Å². The third-order valence-corrected chi connectivity index (χ3v) is 6.45. The molecule has 7 heteroatoms. The summed E-state index contributed by atoms with van der Waals surface area (Å²) in [6.45, 7) is 1.32. The molecular formula is C25H36O7. The molecule has 2 N–H and O–H groups in total. The number of para-hydroxylation sites is 1. The monoisotopic (exact) mass is 448 g/mol. The summed E-state index contributed by atoms with van der Waals surface area (Å²) in [6, 6.07) is 9.57. The van der Waals surface area contributed by atoms with Gasteiger partial charge in [-0.1, -0.05) is 30.4 Å². The van der Waals surface area contributed by atoms with Gasteiger partial charge in [-0.3, -0.25) is 4.79 Å². The Morgan fingerprint density at radius 3 is 2.56 bits per heavy atom. The van der Waals surface area contributed by atoms with Crippen molar-refractivity contribution >= 4 is 5.97 Å². The van der Waals surface area contributed by atoms with Crippen molar-refractivity contribution in [2.24, 2.45) is 11.8 Å². The van der Waals surface area contributed by atoms with Gasteiger partial charge in [-0.05, 0) is 56.1 Å². The van der Waals surface area contributed by atoms with Crippen LogP contribution >= 0.6 is 0 Å². The lowest BCUT2D eigenvalue weighted by Crippen LogP contribution is -2.38. The second kappa shape index (κ2) is 12.3. The number of rotatable bonds is 12. The van der Waals surface area contributed by atoms with Crippen LogP contribution in [0.2, 0.25) is 0 Å². The first-order valence-electron chi connectivity index (χ1n) is 11.6. The molecule has 1 aromatic rings. The van der Waals surface area contributed by atoms with Gasteiger partial charge in [0.15, 0.2) is 0 Å². The van der Waals surface area contributed by atoms with E-state index in [2.05, 4.69) is 4.74 Å². The molecule has 0 bridgehead atoms. The summed E-state index contributed by atoms with van der Waals surface area (Å²) in [6.07, 6.45) is 7.29. The molecule has 178 valence electrons. The molecular weight excluding hydrogens is 412 g/mol. The maximum absolute atomic E-state index is 11.2. The van der Waals surface area contributed by atoms with E-state index in [1.807, 2.05) is 42.5 Å². The van der Waals surface area contributed by atoms with Crippen molar-refractivity contribution in [1.82, 2.24) is 0 Å². The highest BCUT2D eigenvalue weighted by molar-refractivity contribution is 5.69. The number of hydrogen-bond acceptors (Lipinski definition) is 7. The largest absolute Gasteiger partial charge is 0.488 e. The number of aliphatic hydroxyl groups excluding tert-OH is 2. The van der Waals surface area contributed by atoms with Crippen LogP contribution in [-0.4, -0.2) is 61.1 Å². The van der Waals surface area contributed by atoms with Crippen LogP contribution in [0.4, 0.5) is 0 Å². The Morgan fingerprint density at radius 2 is 1.84 bits per heavy atom. The Balaban J connectivity index is 1.50. The van der Waals surface area contributed by atoms with Gasteiger partial charge < -0.3 is 29.2 Å². The van der Waals surface area contributed by atoms with Crippen LogP contribution in [0.1, 0.15) is 44.9 Å². The highest BCUT2D eigenvalue weighted by Gasteiger charge is 2.44. The third kappa shape index (κ3) is 7.04. The van der Waals surface area contributed by atoms with Crippen LogP contribution in [0.5, 0.6) is 5.75 Å². The number of ether oxygens (including phenoxy) is 4. The zero-order valence-corrected chi connectivity index (χ0v) is 18.9. The minimum Gasteiger partial charge on any atom is -0.488 e. The zero-order chi connectivity index (χ0) is 22.8. The summed E-state index contributed by atoms with van der Waals surface area (Å²) in [5, 5.41) is 21.1. The molecule has 0 aromatic heterocycles. The molecule has 1 heterocycles. The lowest BCUT2D eigenvalue weighted by molar-refractivity contribution is -0.185. The predicted octanol–water partition coefficient (Wildman–Crippen LogP) is 3.24. The van der Waals surface area contributed by atoms with E-state index in [4.69, 9.17) is 14.2 Å². The van der Waals surface area contributed by atoms with Crippen molar-refractivity contribution in [2.75, 3.05) is 26.9 Å². The number of carbonyl (C=O) groups excluding carboxylic acids is 1. The zero-order valence-electron chi connectivity index (χ0n) is 18.9. The number of esters is 1. The second-order valence-electron chi connectivity index (χ2n) is 8.62. The predicted molar refractivity (Wildman–Crippen MR) is 119 cm³/mol. The average Bonchev–Trinajstić information content (AvgIpc) is 3.38. The Labute approximate surface area is 190 Å². The van der Waals surface area contributed by atoms with Gasteiger partial charge in [0.2, 0.25) is 5.79 Å². The Morgan fingerprint density at radius 1 is 1.12 bits per heavy atom. The fraction of sp³-hybridized carbons (Fsp3) is 0.640. The van der Waals surface area contributed by atoms with Crippen molar-refractivity contribution < 1.29 is 34.0 Å². The molecule has 1 aromatic carbocycles. The highest BCUT2D eigenvalue weighted by Crippen LogP contribution is 2.40. The fourth-order valence-electron chi connectivity index (χ4n) is 4.64. The Kier molecular flexibility index (Phi) is 9.53. The van der Waals surface area contributed by atoms with Gasteiger partial charge >= 0.3 is 5.97 Å². The quantitative estimate of drug-likeness (QED) is 0.288. The molecule has 4 atom stereocenters. The van der Waals surface area contributed by atoms with Gasteiger partial charge in [-0.2, -0.15) is 0 Å². The molecule has 1 aliphatic carbocycles. The topological polar surface area (TPSA) is 94.5 Å². The van der Waals surface area contributed by atoms with Crippen molar-refractivity contribution in [3.05, 3.63) is 42.5 Å². The molecule has 7 nitrogen and oxygen atoms in total. The number of benzene rings is 1. The maximum atomic E-state index is 11.2. The summed E-state index contributed by atoms with van der Waals surface area (Å²) < 4.78 is 22.4. The number of methoxy groups -OCH3 is 1. The van der Waals surface area contributed by atoms with E-state index in [9.17, 15) is 15.0 Å². The van der Waals surface area contributed by atoms with Crippen molar-refractivity contribution in [3.63, 3.8) is 0 Å². The van der Waals surface area contributed by atoms with Crippen molar-refractivity contribution in [1.29, 1.82) is 0 Å². The smallest absolute Gasteiger partial charge is 0.305 e. The second-order valence-corrected chi connectivity index (χ2v) is 8.62. The van der Waals surface area contributed by atoms with E-state index >= 15 is 0 Å². The van der Waals surface area contributed by atoms with Crippen LogP contribution < -0.4 is 4.74 Å². The lowest BCUT2D eigenvalue weighted by atomic mass is 9.85. The molecule has 2 aliphatic rings. The van der Waals surface area contributed by atoms with Gasteiger partial charge in [0.1, 0.15) is 12.4 Å². The van der Waals surface area contributed by atoms with Gasteiger partial charge in [-0.15, -0.1) is 0 Å². The first-order valence-corrected chi connectivity index (χ1v) is 11.6. The van der Waals surface area contributed by atoms with Gasteiger partial charge in [0.05, 0.1) is 32.5 Å². The van der Waals surface area contributed by atoms with Crippen LogP contribution in [0.3, 0.4) is 0 Å². The van der Waals surface area contributed by atoms with E-state index in [0.29, 0.717) is 45.3 Å².